The average molecular weight is 549 g/mol. The van der Waals surface area contributed by atoms with E-state index in [9.17, 15) is 9.59 Å². The Bertz CT molecular complexity index is 1520. The van der Waals surface area contributed by atoms with Gasteiger partial charge in [0.05, 0.1) is 43.7 Å². The summed E-state index contributed by atoms with van der Waals surface area (Å²) in [5, 5.41) is 3.80. The summed E-state index contributed by atoms with van der Waals surface area (Å²) in [6.45, 7) is 1.71. The zero-order chi connectivity index (χ0) is 27.9. The highest BCUT2D eigenvalue weighted by molar-refractivity contribution is 7.18. The first kappa shape index (κ1) is 27.5. The van der Waals surface area contributed by atoms with Crippen molar-refractivity contribution in [2.75, 3.05) is 40.4 Å². The fourth-order valence-electron chi connectivity index (χ4n) is 3.86. The minimum absolute atomic E-state index is 0.229. The highest BCUT2D eigenvalue weighted by Crippen LogP contribution is 2.38. The molecule has 1 aromatic heterocycles. The molecular formula is C29H28N2O7S. The normalized spacial score (nSPS) is 10.9. The number of carbonyl (C=O) groups excluding carboxylic acids is 2. The number of ketones is 1. The molecule has 0 spiro atoms. The number of hydrogen-bond acceptors (Lipinski definition) is 9. The van der Waals surface area contributed by atoms with Gasteiger partial charge in [0.25, 0.3) is 5.91 Å². The van der Waals surface area contributed by atoms with Crippen molar-refractivity contribution in [3.05, 3.63) is 70.7 Å². The van der Waals surface area contributed by atoms with E-state index in [1.165, 1.54) is 34.5 Å². The smallest absolute Gasteiger partial charge is 0.262 e. The van der Waals surface area contributed by atoms with Gasteiger partial charge in [-0.15, -0.1) is 11.3 Å². The van der Waals surface area contributed by atoms with Crippen LogP contribution in [0.4, 0.5) is 5.69 Å². The largest absolute Gasteiger partial charge is 0.493 e. The van der Waals surface area contributed by atoms with Crippen molar-refractivity contribution < 1.29 is 33.3 Å². The number of aryl methyl sites for hydroxylation is 1. The van der Waals surface area contributed by atoms with Gasteiger partial charge in [-0.25, -0.2) is 4.98 Å². The molecule has 1 amide bonds. The third-order valence-electron chi connectivity index (χ3n) is 5.70. The highest BCUT2D eigenvalue weighted by atomic mass is 32.1. The Balaban J connectivity index is 1.45. The van der Waals surface area contributed by atoms with Crippen molar-refractivity contribution in [3.63, 3.8) is 0 Å². The second kappa shape index (κ2) is 12.3. The number of nitrogens with zero attached hydrogens (tertiary/aromatic N) is 1. The summed E-state index contributed by atoms with van der Waals surface area (Å²) in [5.41, 5.74) is 2.60. The molecule has 0 aliphatic carbocycles. The van der Waals surface area contributed by atoms with Gasteiger partial charge in [-0.05, 0) is 61.0 Å². The summed E-state index contributed by atoms with van der Waals surface area (Å²) in [7, 11) is 5.98. The lowest BCUT2D eigenvalue weighted by Crippen LogP contribution is -2.20. The molecule has 3 aromatic carbocycles. The Labute approximate surface area is 229 Å². The van der Waals surface area contributed by atoms with Crippen LogP contribution in [-0.2, 0) is 4.79 Å². The number of methoxy groups -OCH3 is 4. The Morgan fingerprint density at radius 1 is 0.872 bits per heavy atom. The zero-order valence-corrected chi connectivity index (χ0v) is 23.0. The summed E-state index contributed by atoms with van der Waals surface area (Å²) >= 11 is 1.56. The first-order valence-electron chi connectivity index (χ1n) is 11.9. The quantitative estimate of drug-likeness (QED) is 0.192. The number of thiazole rings is 1. The van der Waals surface area contributed by atoms with Gasteiger partial charge < -0.3 is 29.0 Å². The molecule has 1 N–H and O–H groups in total. The van der Waals surface area contributed by atoms with Gasteiger partial charge in [-0.2, -0.15) is 0 Å². The van der Waals surface area contributed by atoms with Crippen LogP contribution in [0.1, 0.15) is 20.9 Å². The number of ether oxygens (including phenoxy) is 5. The van der Waals surface area contributed by atoms with Crippen molar-refractivity contribution in [2.24, 2.45) is 0 Å². The van der Waals surface area contributed by atoms with Crippen LogP contribution in [0.25, 0.3) is 16.3 Å². The molecule has 4 rings (SSSR count). The molecule has 0 saturated heterocycles. The van der Waals surface area contributed by atoms with Gasteiger partial charge in [0.15, 0.2) is 35.4 Å². The fourth-order valence-corrected chi connectivity index (χ4v) is 4.73. The Morgan fingerprint density at radius 3 is 2.26 bits per heavy atom. The lowest BCUT2D eigenvalue weighted by atomic mass is 10.1. The molecule has 0 aliphatic heterocycles. The van der Waals surface area contributed by atoms with E-state index in [1.54, 1.807) is 53.8 Å². The molecule has 9 nitrogen and oxygen atoms in total. The van der Waals surface area contributed by atoms with Gasteiger partial charge in [0.2, 0.25) is 5.75 Å². The van der Waals surface area contributed by atoms with Crippen LogP contribution < -0.4 is 29.0 Å². The van der Waals surface area contributed by atoms with Crippen molar-refractivity contribution >= 4 is 45.0 Å². The van der Waals surface area contributed by atoms with Gasteiger partial charge >= 0.3 is 0 Å². The molecule has 0 aliphatic rings. The van der Waals surface area contributed by atoms with Gasteiger partial charge in [-0.3, -0.25) is 9.59 Å². The van der Waals surface area contributed by atoms with Crippen LogP contribution in [-0.4, -0.2) is 51.7 Å². The molecule has 39 heavy (non-hydrogen) atoms. The van der Waals surface area contributed by atoms with Crippen molar-refractivity contribution in [1.29, 1.82) is 0 Å². The van der Waals surface area contributed by atoms with E-state index in [4.69, 9.17) is 23.7 Å². The Morgan fingerprint density at radius 2 is 1.59 bits per heavy atom. The topological polar surface area (TPSA) is 105 Å². The van der Waals surface area contributed by atoms with E-state index >= 15 is 0 Å². The second-order valence-corrected chi connectivity index (χ2v) is 9.51. The number of carbonyl (C=O) groups is 2. The molecule has 0 saturated carbocycles. The molecule has 0 radical (unpaired) electrons. The summed E-state index contributed by atoms with van der Waals surface area (Å²) < 4.78 is 28.1. The molecule has 0 fully saturated rings. The SMILES string of the molecule is COc1ccc(/C=C/C(=O)c2cc(OC)c(OC)c(OC)c2)cc1OCC(=O)Nc1ccc2nc(C)sc2c1. The first-order chi connectivity index (χ1) is 18.8. The number of hydrogen-bond donors (Lipinski definition) is 1. The van der Waals surface area contributed by atoms with Gasteiger partial charge in [0.1, 0.15) is 0 Å². The zero-order valence-electron chi connectivity index (χ0n) is 22.2. The predicted octanol–water partition coefficient (Wildman–Crippen LogP) is 5.55. The van der Waals surface area contributed by atoms with Crippen LogP contribution in [0.2, 0.25) is 0 Å². The fraction of sp³-hybridized carbons (Fsp3) is 0.207. The van der Waals surface area contributed by atoms with Crippen molar-refractivity contribution in [2.45, 2.75) is 6.92 Å². The molecule has 0 unspecified atom stereocenters. The predicted molar refractivity (Wildman–Crippen MR) is 151 cm³/mol. The molecular weight excluding hydrogens is 520 g/mol. The van der Waals surface area contributed by atoms with Crippen LogP contribution in [0.5, 0.6) is 28.7 Å². The highest BCUT2D eigenvalue weighted by Gasteiger charge is 2.16. The lowest BCUT2D eigenvalue weighted by Gasteiger charge is -2.13. The van der Waals surface area contributed by atoms with Crippen LogP contribution in [0.3, 0.4) is 0 Å². The maximum Gasteiger partial charge on any atom is 0.262 e. The minimum atomic E-state index is -0.323. The summed E-state index contributed by atoms with van der Waals surface area (Å²) in [6.07, 6.45) is 3.07. The monoisotopic (exact) mass is 548 g/mol. The second-order valence-electron chi connectivity index (χ2n) is 8.27. The maximum atomic E-state index is 12.9. The summed E-state index contributed by atoms with van der Waals surface area (Å²) in [4.78, 5) is 29.9. The number of aromatic nitrogens is 1. The number of rotatable bonds is 11. The number of amides is 1. The standard InChI is InChI=1S/C29H28N2O7S/c1-17-30-21-9-8-20(15-27(21)39-17)31-28(33)16-38-24-12-18(7-11-23(24)34-2)6-10-22(32)19-13-25(35-3)29(37-5)26(14-19)36-4/h6-15H,16H2,1-5H3,(H,31,33)/b10-6+. The molecule has 202 valence electrons. The number of benzene rings is 3. The van der Waals surface area contributed by atoms with Crippen molar-refractivity contribution in [1.82, 2.24) is 4.98 Å². The van der Waals surface area contributed by atoms with E-state index < -0.39 is 0 Å². The Kier molecular flexibility index (Phi) is 8.67. The van der Waals surface area contributed by atoms with Gasteiger partial charge in [-0.1, -0.05) is 12.1 Å². The average Bonchev–Trinajstić information content (AvgIpc) is 3.33. The summed E-state index contributed by atoms with van der Waals surface area (Å²) in [5.74, 6) is 1.40. The Hall–Kier alpha value is -4.57. The van der Waals surface area contributed by atoms with E-state index in [-0.39, 0.29) is 18.3 Å². The maximum absolute atomic E-state index is 12.9. The number of allylic oxidation sites excluding steroid dienone is 1. The van der Waals surface area contributed by atoms with E-state index in [0.29, 0.717) is 45.6 Å². The van der Waals surface area contributed by atoms with E-state index in [1.807, 2.05) is 19.1 Å². The van der Waals surface area contributed by atoms with Crippen LogP contribution in [0, 0.1) is 6.92 Å². The third-order valence-corrected chi connectivity index (χ3v) is 6.64. The van der Waals surface area contributed by atoms with Crippen molar-refractivity contribution in [3.8, 4) is 28.7 Å². The van der Waals surface area contributed by atoms with E-state index in [0.717, 1.165) is 15.2 Å². The number of anilines is 1. The number of fused-ring (bicyclic) bond motifs is 1. The molecule has 10 heteroatoms. The first-order valence-corrected chi connectivity index (χ1v) is 12.7. The van der Waals surface area contributed by atoms with E-state index in [2.05, 4.69) is 10.3 Å². The number of nitrogens with one attached hydrogen (secondary N) is 1. The molecule has 4 aromatic rings. The molecule has 1 heterocycles. The lowest BCUT2D eigenvalue weighted by molar-refractivity contribution is -0.118. The minimum Gasteiger partial charge on any atom is -0.493 e. The molecule has 0 bridgehead atoms. The molecule has 0 atom stereocenters. The summed E-state index contributed by atoms with van der Waals surface area (Å²) in [6, 6.07) is 13.9. The van der Waals surface area contributed by atoms with Gasteiger partial charge in [0, 0.05) is 11.3 Å². The third kappa shape index (κ3) is 6.47. The van der Waals surface area contributed by atoms with Crippen LogP contribution >= 0.6 is 11.3 Å². The van der Waals surface area contributed by atoms with Crippen LogP contribution in [0.15, 0.2) is 54.6 Å².